The molecule has 174 valence electrons. The van der Waals surface area contributed by atoms with Crippen LogP contribution in [0.2, 0.25) is 0 Å². The van der Waals surface area contributed by atoms with Crippen molar-refractivity contribution < 1.29 is 9.53 Å². The zero-order valence-corrected chi connectivity index (χ0v) is 19.2. The van der Waals surface area contributed by atoms with E-state index in [0.717, 1.165) is 27.7 Å². The topological polar surface area (TPSA) is 127 Å². The molecule has 3 heterocycles. The number of rotatable bonds is 7. The molecule has 10 heteroatoms. The van der Waals surface area contributed by atoms with Crippen LogP contribution in [0.5, 0.6) is 0 Å². The number of nitrogens with zero attached hydrogens (tertiary/aromatic N) is 5. The van der Waals surface area contributed by atoms with Gasteiger partial charge in [0.15, 0.2) is 0 Å². The van der Waals surface area contributed by atoms with Gasteiger partial charge in [-0.15, -0.1) is 0 Å². The second-order valence-corrected chi connectivity index (χ2v) is 8.46. The first kappa shape index (κ1) is 22.8. The Hall–Kier alpha value is -4.34. The quantitative estimate of drug-likeness (QED) is 0.350. The van der Waals surface area contributed by atoms with Gasteiger partial charge in [-0.1, -0.05) is 12.1 Å². The largest absolute Gasteiger partial charge is 0.444 e. The molecule has 1 amide bonds. The molecule has 0 fully saturated rings. The average Bonchev–Trinajstić information content (AvgIpc) is 2.82. The molecule has 34 heavy (non-hydrogen) atoms. The highest BCUT2D eigenvalue weighted by Crippen LogP contribution is 2.28. The van der Waals surface area contributed by atoms with E-state index >= 15 is 0 Å². The van der Waals surface area contributed by atoms with Crippen LogP contribution >= 0.6 is 0 Å². The fourth-order valence-electron chi connectivity index (χ4n) is 3.16. The Morgan fingerprint density at radius 3 is 2.47 bits per heavy atom. The summed E-state index contributed by atoms with van der Waals surface area (Å²) >= 11 is 0. The maximum absolute atomic E-state index is 11.7. The van der Waals surface area contributed by atoms with Crippen molar-refractivity contribution in [1.29, 1.82) is 0 Å². The number of nitrogens with one attached hydrogen (secondary N) is 3. The van der Waals surface area contributed by atoms with E-state index in [-0.39, 0.29) is 0 Å². The number of hydrogen-bond donors (Lipinski definition) is 3. The van der Waals surface area contributed by atoms with Crippen LogP contribution in [0, 0.1) is 0 Å². The Labute approximate surface area is 197 Å². The molecule has 0 aliphatic carbocycles. The van der Waals surface area contributed by atoms with Crippen molar-refractivity contribution >= 4 is 34.4 Å². The summed E-state index contributed by atoms with van der Waals surface area (Å²) in [4.78, 5) is 33.3. The van der Waals surface area contributed by atoms with Crippen LogP contribution < -0.4 is 16.0 Å². The number of fused-ring (bicyclic) bond motifs is 1. The first-order valence-electron chi connectivity index (χ1n) is 10.8. The predicted octanol–water partition coefficient (Wildman–Crippen LogP) is 4.16. The van der Waals surface area contributed by atoms with Gasteiger partial charge in [0.2, 0.25) is 5.95 Å². The van der Waals surface area contributed by atoms with Crippen molar-refractivity contribution in [2.45, 2.75) is 26.4 Å². The van der Waals surface area contributed by atoms with Gasteiger partial charge >= 0.3 is 6.09 Å². The molecule has 0 aliphatic rings. The van der Waals surface area contributed by atoms with Crippen molar-refractivity contribution in [2.75, 3.05) is 23.7 Å². The monoisotopic (exact) mass is 458 g/mol. The zero-order chi connectivity index (χ0) is 24.0. The number of benzene rings is 1. The Morgan fingerprint density at radius 1 is 0.912 bits per heavy atom. The summed E-state index contributed by atoms with van der Waals surface area (Å²) in [7, 11) is 0. The highest BCUT2D eigenvalue weighted by atomic mass is 16.6. The van der Waals surface area contributed by atoms with Gasteiger partial charge in [-0.25, -0.2) is 19.7 Å². The zero-order valence-electron chi connectivity index (χ0n) is 19.2. The van der Waals surface area contributed by atoms with Crippen LogP contribution in [0.25, 0.3) is 22.0 Å². The fourth-order valence-corrected chi connectivity index (χ4v) is 3.16. The van der Waals surface area contributed by atoms with Gasteiger partial charge in [0, 0.05) is 55.0 Å². The van der Waals surface area contributed by atoms with Crippen LogP contribution in [-0.4, -0.2) is 49.7 Å². The third kappa shape index (κ3) is 6.12. The van der Waals surface area contributed by atoms with Crippen molar-refractivity contribution in [3.05, 3.63) is 61.4 Å². The van der Waals surface area contributed by atoms with Crippen LogP contribution in [0.1, 0.15) is 20.8 Å². The number of hydrogen-bond acceptors (Lipinski definition) is 9. The van der Waals surface area contributed by atoms with Crippen molar-refractivity contribution in [3.8, 4) is 11.1 Å². The second-order valence-electron chi connectivity index (χ2n) is 8.46. The van der Waals surface area contributed by atoms with E-state index in [1.54, 1.807) is 37.2 Å². The molecule has 0 spiro atoms. The molecule has 3 aromatic heterocycles. The first-order valence-corrected chi connectivity index (χ1v) is 10.8. The smallest absolute Gasteiger partial charge is 0.407 e. The standard InChI is InChI=1S/C24H26N8O2/c1-24(2,3)34-23(33)29-11-10-28-22-30-13-17(14-31-22)16-4-5-18-19(6-7-26-20(18)12-16)32-21-15-25-8-9-27-21/h4-9,12-15H,10-11H2,1-3H3,(H,29,33)(H,26,27,32)(H,28,30,31). The second kappa shape index (κ2) is 10.1. The molecule has 0 aliphatic heterocycles. The predicted molar refractivity (Wildman–Crippen MR) is 131 cm³/mol. The first-order chi connectivity index (χ1) is 16.4. The summed E-state index contributed by atoms with van der Waals surface area (Å²) in [6, 6.07) is 7.90. The molecule has 1 aromatic carbocycles. The summed E-state index contributed by atoms with van der Waals surface area (Å²) in [6.45, 7) is 6.33. The van der Waals surface area contributed by atoms with Gasteiger partial charge < -0.3 is 20.7 Å². The third-order valence-corrected chi connectivity index (χ3v) is 4.63. The minimum Gasteiger partial charge on any atom is -0.444 e. The molecule has 10 nitrogen and oxygen atoms in total. The van der Waals surface area contributed by atoms with Gasteiger partial charge in [-0.05, 0) is 38.5 Å². The Morgan fingerprint density at radius 2 is 1.74 bits per heavy atom. The lowest BCUT2D eigenvalue weighted by molar-refractivity contribution is 0.0530. The van der Waals surface area contributed by atoms with Crippen LogP contribution in [0.15, 0.2) is 61.4 Å². The Kier molecular flexibility index (Phi) is 6.77. The summed E-state index contributed by atoms with van der Waals surface area (Å²) in [5, 5.41) is 10.0. The van der Waals surface area contributed by atoms with E-state index in [1.807, 2.05) is 45.0 Å². The number of pyridine rings is 1. The average molecular weight is 459 g/mol. The number of carbonyl (C=O) groups excluding carboxylic acids is 1. The number of alkyl carbamates (subject to hydrolysis) is 1. The molecule has 0 saturated carbocycles. The molecule has 3 N–H and O–H groups in total. The maximum Gasteiger partial charge on any atom is 0.407 e. The normalized spacial score (nSPS) is 11.1. The minimum absolute atomic E-state index is 0.390. The molecular formula is C24H26N8O2. The highest BCUT2D eigenvalue weighted by molar-refractivity contribution is 5.94. The summed E-state index contributed by atoms with van der Waals surface area (Å²) in [5.74, 6) is 1.14. The number of aromatic nitrogens is 5. The molecule has 4 rings (SSSR count). The van der Waals surface area contributed by atoms with Crippen molar-refractivity contribution in [1.82, 2.24) is 30.2 Å². The maximum atomic E-state index is 11.7. The van der Waals surface area contributed by atoms with Crippen LogP contribution in [-0.2, 0) is 4.74 Å². The molecule has 4 aromatic rings. The lowest BCUT2D eigenvalue weighted by atomic mass is 10.1. The minimum atomic E-state index is -0.524. The van der Waals surface area contributed by atoms with Crippen LogP contribution in [0.3, 0.4) is 0 Å². The lowest BCUT2D eigenvalue weighted by Crippen LogP contribution is -2.35. The molecule has 0 radical (unpaired) electrons. The third-order valence-electron chi connectivity index (χ3n) is 4.63. The van der Waals surface area contributed by atoms with E-state index in [9.17, 15) is 4.79 Å². The number of anilines is 3. The van der Waals surface area contributed by atoms with E-state index in [0.29, 0.717) is 24.9 Å². The number of amides is 1. The Bertz CT molecular complexity index is 1260. The van der Waals surface area contributed by atoms with Crippen molar-refractivity contribution in [2.24, 2.45) is 0 Å². The molecular weight excluding hydrogens is 432 g/mol. The van der Waals surface area contributed by atoms with E-state index in [4.69, 9.17) is 4.74 Å². The van der Waals surface area contributed by atoms with Gasteiger partial charge in [-0.3, -0.25) is 9.97 Å². The van der Waals surface area contributed by atoms with Crippen molar-refractivity contribution in [3.63, 3.8) is 0 Å². The van der Waals surface area contributed by atoms with Gasteiger partial charge in [-0.2, -0.15) is 0 Å². The molecule has 0 atom stereocenters. The van der Waals surface area contributed by atoms with Gasteiger partial charge in [0.05, 0.1) is 17.4 Å². The van der Waals surface area contributed by atoms with Crippen LogP contribution in [0.4, 0.5) is 22.2 Å². The fraction of sp³-hybridized carbons (Fsp3) is 0.250. The summed E-state index contributed by atoms with van der Waals surface area (Å²) < 4.78 is 5.20. The Balaban J connectivity index is 1.38. The molecule has 0 bridgehead atoms. The number of carbonyl (C=O) groups is 1. The lowest BCUT2D eigenvalue weighted by Gasteiger charge is -2.19. The van der Waals surface area contributed by atoms with Gasteiger partial charge in [0.1, 0.15) is 11.4 Å². The SMILES string of the molecule is CC(C)(C)OC(=O)NCCNc1ncc(-c2ccc3c(Nc4cnccn4)ccnc3c2)cn1. The molecule has 0 saturated heterocycles. The molecule has 0 unspecified atom stereocenters. The summed E-state index contributed by atoms with van der Waals surface area (Å²) in [6.07, 6.45) is 9.73. The van der Waals surface area contributed by atoms with Gasteiger partial charge in [0.25, 0.3) is 0 Å². The highest BCUT2D eigenvalue weighted by Gasteiger charge is 2.15. The van der Waals surface area contributed by atoms with E-state index < -0.39 is 11.7 Å². The van der Waals surface area contributed by atoms with E-state index in [2.05, 4.69) is 40.9 Å². The van der Waals surface area contributed by atoms with E-state index in [1.165, 1.54) is 0 Å². The number of ether oxygens (including phenoxy) is 1. The summed E-state index contributed by atoms with van der Waals surface area (Å²) in [5.41, 5.74) is 3.03.